The van der Waals surface area contributed by atoms with E-state index in [1.54, 1.807) is 4.90 Å². The number of nitrogens with zero attached hydrogens (tertiary/aromatic N) is 3. The summed E-state index contributed by atoms with van der Waals surface area (Å²) in [6.45, 7) is 8.83. The standard InChI is InChI=1S/C27H38N4O4.CH4.2H2S/c1-18(2)16-22(27(34)31-11-10-24-25(31)23(32)17-35-24)28-26(33)19-6-8-21(9-7-19)30-14-12-29(13-15-30)20-4-3-5-20;;;/h6-9,18,20,22,24-25H,3-5,10-17H2,1-2H3,(H,28,33);1H4;2*1H2/t22-,24+,25+;;;/m0.../s1. The number of ether oxygens (including phenoxy) is 1. The Labute approximate surface area is 241 Å². The molecular weight excluding hydrogens is 520 g/mol. The largest absolute Gasteiger partial charge is 0.369 e. The van der Waals surface area contributed by atoms with Gasteiger partial charge in [-0.15, -0.1) is 0 Å². The lowest BCUT2D eigenvalue weighted by atomic mass is 9.91. The summed E-state index contributed by atoms with van der Waals surface area (Å²) in [4.78, 5) is 45.4. The predicted molar refractivity (Wildman–Crippen MR) is 161 cm³/mol. The summed E-state index contributed by atoms with van der Waals surface area (Å²) in [6.07, 6.45) is 5.03. The zero-order valence-electron chi connectivity index (χ0n) is 21.9. The molecule has 4 fully saturated rings. The summed E-state index contributed by atoms with van der Waals surface area (Å²) < 4.78 is 5.53. The fraction of sp³-hybridized carbons (Fsp3) is 0.679. The van der Waals surface area contributed by atoms with Crippen LogP contribution in [0.25, 0.3) is 0 Å². The van der Waals surface area contributed by atoms with E-state index in [2.05, 4.69) is 15.1 Å². The maximum Gasteiger partial charge on any atom is 0.251 e. The molecule has 5 rings (SSSR count). The van der Waals surface area contributed by atoms with Crippen LogP contribution >= 0.6 is 27.0 Å². The van der Waals surface area contributed by atoms with E-state index in [1.807, 2.05) is 38.1 Å². The molecule has 8 nitrogen and oxygen atoms in total. The minimum Gasteiger partial charge on any atom is -0.369 e. The van der Waals surface area contributed by atoms with Crippen LogP contribution < -0.4 is 10.2 Å². The van der Waals surface area contributed by atoms with Crippen molar-refractivity contribution in [2.45, 2.75) is 77.6 Å². The van der Waals surface area contributed by atoms with Crippen molar-refractivity contribution in [1.82, 2.24) is 15.1 Å². The third-order valence-electron chi connectivity index (χ3n) is 8.11. The second-order valence-electron chi connectivity index (χ2n) is 10.9. The average Bonchev–Trinajstić information content (AvgIpc) is 3.40. The fourth-order valence-corrected chi connectivity index (χ4v) is 5.90. The Morgan fingerprint density at radius 1 is 1.00 bits per heavy atom. The number of hydrogen-bond acceptors (Lipinski definition) is 6. The number of benzene rings is 1. The molecule has 1 aromatic carbocycles. The van der Waals surface area contributed by atoms with Gasteiger partial charge in [-0.3, -0.25) is 19.3 Å². The molecule has 1 saturated carbocycles. The molecule has 1 aliphatic carbocycles. The predicted octanol–water partition coefficient (Wildman–Crippen LogP) is 2.94. The first-order valence-electron chi connectivity index (χ1n) is 13.3. The van der Waals surface area contributed by atoms with E-state index in [0.717, 1.165) is 37.9 Å². The number of Topliss-reactive ketones (excluding diaryl/α,β-unsaturated/α-hetero) is 1. The number of piperazine rings is 1. The highest BCUT2D eigenvalue weighted by molar-refractivity contribution is 7.59. The van der Waals surface area contributed by atoms with Crippen LogP contribution in [0.5, 0.6) is 0 Å². The van der Waals surface area contributed by atoms with Gasteiger partial charge in [0.2, 0.25) is 5.91 Å². The first-order chi connectivity index (χ1) is 16.9. The first-order valence-corrected chi connectivity index (χ1v) is 13.3. The molecule has 3 aliphatic heterocycles. The van der Waals surface area contributed by atoms with Crippen LogP contribution in [0.15, 0.2) is 24.3 Å². The number of ketones is 1. The number of nitrogens with one attached hydrogen (secondary N) is 1. The summed E-state index contributed by atoms with van der Waals surface area (Å²) in [7, 11) is 0. The van der Waals surface area contributed by atoms with Crippen LogP contribution in [0.3, 0.4) is 0 Å². The molecule has 214 valence electrons. The molecule has 0 unspecified atom stereocenters. The smallest absolute Gasteiger partial charge is 0.251 e. The van der Waals surface area contributed by atoms with E-state index in [1.165, 1.54) is 19.3 Å². The summed E-state index contributed by atoms with van der Waals surface area (Å²) in [5.41, 5.74) is 1.68. The van der Waals surface area contributed by atoms with Crippen molar-refractivity contribution in [3.05, 3.63) is 29.8 Å². The van der Waals surface area contributed by atoms with Crippen molar-refractivity contribution in [2.75, 3.05) is 44.2 Å². The molecule has 3 heterocycles. The molecule has 1 aromatic rings. The molecule has 0 spiro atoms. The third-order valence-corrected chi connectivity index (χ3v) is 8.11. The van der Waals surface area contributed by atoms with E-state index in [-0.39, 0.29) is 70.6 Å². The van der Waals surface area contributed by atoms with Gasteiger partial charge in [-0.1, -0.05) is 27.7 Å². The van der Waals surface area contributed by atoms with Crippen LogP contribution in [0.4, 0.5) is 5.69 Å². The highest BCUT2D eigenvalue weighted by atomic mass is 32.1. The van der Waals surface area contributed by atoms with Crippen molar-refractivity contribution in [2.24, 2.45) is 5.92 Å². The molecule has 4 aliphatic rings. The lowest BCUT2D eigenvalue weighted by Gasteiger charge is -2.43. The Morgan fingerprint density at radius 2 is 1.66 bits per heavy atom. The highest BCUT2D eigenvalue weighted by Crippen LogP contribution is 2.29. The molecule has 3 saturated heterocycles. The summed E-state index contributed by atoms with van der Waals surface area (Å²) in [6, 6.07) is 7.34. The van der Waals surface area contributed by atoms with E-state index in [9.17, 15) is 14.4 Å². The minimum atomic E-state index is -0.658. The number of amides is 2. The van der Waals surface area contributed by atoms with Crippen molar-refractivity contribution < 1.29 is 19.1 Å². The minimum absolute atomic E-state index is 0. The highest BCUT2D eigenvalue weighted by Gasteiger charge is 2.48. The monoisotopic (exact) mass is 566 g/mol. The van der Waals surface area contributed by atoms with Gasteiger partial charge in [0.05, 0.1) is 6.10 Å². The number of carbonyl (C=O) groups excluding carboxylic acids is 3. The fourth-order valence-electron chi connectivity index (χ4n) is 5.90. The Morgan fingerprint density at radius 3 is 2.24 bits per heavy atom. The van der Waals surface area contributed by atoms with Gasteiger partial charge in [0.15, 0.2) is 5.78 Å². The lowest BCUT2D eigenvalue weighted by molar-refractivity contribution is -0.138. The Balaban J connectivity index is 0.00000169. The maximum atomic E-state index is 13.4. The second kappa shape index (κ2) is 14.1. The van der Waals surface area contributed by atoms with Gasteiger partial charge in [0.1, 0.15) is 18.7 Å². The zero-order chi connectivity index (χ0) is 24.5. The van der Waals surface area contributed by atoms with Crippen LogP contribution in [0.2, 0.25) is 0 Å². The summed E-state index contributed by atoms with van der Waals surface area (Å²) in [5.74, 6) is -0.256. The van der Waals surface area contributed by atoms with Crippen molar-refractivity contribution in [3.63, 3.8) is 0 Å². The van der Waals surface area contributed by atoms with E-state index in [0.29, 0.717) is 24.9 Å². The van der Waals surface area contributed by atoms with E-state index in [4.69, 9.17) is 4.74 Å². The third kappa shape index (κ3) is 6.87. The molecule has 1 N–H and O–H groups in total. The maximum absolute atomic E-state index is 13.4. The van der Waals surface area contributed by atoms with Crippen molar-refractivity contribution >= 4 is 50.3 Å². The molecule has 0 bridgehead atoms. The van der Waals surface area contributed by atoms with Crippen LogP contribution in [0, 0.1) is 5.92 Å². The van der Waals surface area contributed by atoms with E-state index >= 15 is 0 Å². The van der Waals surface area contributed by atoms with Gasteiger partial charge < -0.3 is 19.9 Å². The van der Waals surface area contributed by atoms with Crippen LogP contribution in [-0.4, -0.2) is 91.0 Å². The number of fused-ring (bicyclic) bond motifs is 1. The second-order valence-corrected chi connectivity index (χ2v) is 10.9. The number of anilines is 1. The summed E-state index contributed by atoms with van der Waals surface area (Å²) >= 11 is 0. The topological polar surface area (TPSA) is 82.2 Å². The van der Waals surface area contributed by atoms with Gasteiger partial charge in [0.25, 0.3) is 5.91 Å². The summed E-state index contributed by atoms with van der Waals surface area (Å²) in [5, 5.41) is 2.96. The molecule has 10 heteroatoms. The first kappa shape index (κ1) is 32.5. The van der Waals surface area contributed by atoms with Gasteiger partial charge in [-0.2, -0.15) is 27.0 Å². The normalized spacial score (nSPS) is 24.0. The lowest BCUT2D eigenvalue weighted by Crippen LogP contribution is -2.52. The molecule has 0 aromatic heterocycles. The Kier molecular flexibility index (Phi) is 12.0. The van der Waals surface area contributed by atoms with Gasteiger partial charge in [-0.25, -0.2) is 0 Å². The number of likely N-dealkylation sites (tertiary alicyclic amines) is 1. The van der Waals surface area contributed by atoms with Gasteiger partial charge in [-0.05, 0) is 55.9 Å². The van der Waals surface area contributed by atoms with Crippen LogP contribution in [-0.2, 0) is 14.3 Å². The van der Waals surface area contributed by atoms with Gasteiger partial charge in [0, 0.05) is 50.0 Å². The molecule has 38 heavy (non-hydrogen) atoms. The molecule has 3 atom stereocenters. The zero-order valence-corrected chi connectivity index (χ0v) is 23.9. The van der Waals surface area contributed by atoms with Gasteiger partial charge >= 0.3 is 0 Å². The SMILES string of the molecule is C.CC(C)C[C@H](NC(=O)c1ccc(N2CCN(C3CCC3)CC2)cc1)C(=O)N1CC[C@H]2OCC(=O)[C@H]21.S.S. The number of hydrogen-bond donors (Lipinski definition) is 1. The Bertz CT molecular complexity index is 949. The van der Waals surface area contributed by atoms with Crippen molar-refractivity contribution in [3.8, 4) is 0 Å². The number of carbonyl (C=O) groups is 3. The van der Waals surface area contributed by atoms with E-state index < -0.39 is 12.1 Å². The molecule has 2 amide bonds. The average molecular weight is 567 g/mol. The molecular formula is C28H46N4O4S2. The quantitative estimate of drug-likeness (QED) is 0.547. The number of rotatable bonds is 7. The van der Waals surface area contributed by atoms with Crippen LogP contribution in [0.1, 0.15) is 63.7 Å². The Hall–Kier alpha value is -1.75. The van der Waals surface area contributed by atoms with Crippen molar-refractivity contribution in [1.29, 1.82) is 0 Å². The molecule has 0 radical (unpaired) electrons.